The van der Waals surface area contributed by atoms with Crippen LogP contribution in [0.15, 0.2) is 78.6 Å². The van der Waals surface area contributed by atoms with Gasteiger partial charge in [-0.05, 0) is 35.7 Å². The first-order valence-corrected chi connectivity index (χ1v) is 11.6. The van der Waals surface area contributed by atoms with Gasteiger partial charge in [0, 0.05) is 29.7 Å². The minimum Gasteiger partial charge on any atom is -0.363 e. The molecular weight excluding hydrogens is 495 g/mol. The Morgan fingerprint density at radius 3 is 2.53 bits per heavy atom. The summed E-state index contributed by atoms with van der Waals surface area (Å²) < 4.78 is 44.3. The number of para-hydroxylation sites is 1. The summed E-state index contributed by atoms with van der Waals surface area (Å²) in [5.74, 6) is -3.24. The smallest absolute Gasteiger partial charge is 0.363 e. The van der Waals surface area contributed by atoms with E-state index in [2.05, 4.69) is 15.4 Å². The number of carbonyl (C=O) groups excluding carboxylic acids is 2. The lowest BCUT2D eigenvalue weighted by molar-refractivity contribution is -0.287. The molecule has 1 aliphatic heterocycles. The molecule has 1 saturated heterocycles. The zero-order valence-corrected chi connectivity index (χ0v) is 19.1. The number of aliphatic hydroxyl groups is 1. The molecule has 0 unspecified atom stereocenters. The van der Waals surface area contributed by atoms with Crippen LogP contribution in [0, 0.1) is 5.92 Å². The third-order valence-corrected chi connectivity index (χ3v) is 6.76. The maximum absolute atomic E-state index is 14.3. The Balaban J connectivity index is 1.72. The van der Waals surface area contributed by atoms with Gasteiger partial charge in [-0.3, -0.25) is 9.78 Å². The van der Waals surface area contributed by atoms with Crippen molar-refractivity contribution in [1.82, 2.24) is 25.4 Å². The van der Waals surface area contributed by atoms with Crippen molar-refractivity contribution in [3.63, 3.8) is 0 Å². The van der Waals surface area contributed by atoms with Crippen LogP contribution in [0.3, 0.4) is 0 Å². The fourth-order valence-electron chi connectivity index (χ4n) is 4.22. The molecule has 3 aromatic heterocycles. The highest BCUT2D eigenvalue weighted by atomic mass is 32.1. The molecule has 0 spiro atoms. The van der Waals surface area contributed by atoms with Gasteiger partial charge in [0.25, 0.3) is 0 Å². The monoisotopic (exact) mass is 513 g/mol. The summed E-state index contributed by atoms with van der Waals surface area (Å²) in [6.45, 7) is 0. The Labute approximate surface area is 206 Å². The van der Waals surface area contributed by atoms with Gasteiger partial charge in [0.15, 0.2) is 5.78 Å². The highest BCUT2D eigenvalue weighted by Gasteiger charge is 2.66. The number of ketones is 1. The molecule has 184 valence electrons. The third-order valence-electron chi connectivity index (χ3n) is 5.89. The van der Waals surface area contributed by atoms with Crippen LogP contribution < -0.4 is 10.6 Å². The van der Waals surface area contributed by atoms with Gasteiger partial charge in [-0.25, -0.2) is 9.48 Å². The summed E-state index contributed by atoms with van der Waals surface area (Å²) in [6, 6.07) is 12.1. The van der Waals surface area contributed by atoms with Crippen molar-refractivity contribution in [3.8, 4) is 16.3 Å². The molecule has 0 aliphatic carbocycles. The quantitative estimate of drug-likeness (QED) is 0.348. The van der Waals surface area contributed by atoms with Crippen LogP contribution in [0.2, 0.25) is 0 Å². The van der Waals surface area contributed by atoms with Crippen LogP contribution in [0.4, 0.5) is 18.0 Å². The molecule has 4 heterocycles. The van der Waals surface area contributed by atoms with E-state index in [1.165, 1.54) is 40.5 Å². The van der Waals surface area contributed by atoms with Crippen molar-refractivity contribution in [2.75, 3.05) is 0 Å². The second-order valence-electron chi connectivity index (χ2n) is 8.11. The normalized spacial score (nSPS) is 22.1. The molecular formula is C24H18F3N5O3S. The molecule has 0 radical (unpaired) electrons. The van der Waals surface area contributed by atoms with Crippen molar-refractivity contribution >= 4 is 23.2 Å². The van der Waals surface area contributed by atoms with Crippen molar-refractivity contribution in [2.45, 2.75) is 17.9 Å². The van der Waals surface area contributed by atoms with E-state index in [0.29, 0.717) is 10.6 Å². The summed E-state index contributed by atoms with van der Waals surface area (Å²) in [6.07, 6.45) is -1.44. The second-order valence-corrected chi connectivity index (χ2v) is 9.06. The van der Waals surface area contributed by atoms with Crippen LogP contribution in [-0.2, 0) is 0 Å². The number of amides is 2. The number of nitrogens with one attached hydrogen (secondary N) is 2. The van der Waals surface area contributed by atoms with Crippen molar-refractivity contribution in [1.29, 1.82) is 0 Å². The molecule has 0 bridgehead atoms. The van der Waals surface area contributed by atoms with Gasteiger partial charge >= 0.3 is 12.2 Å². The van der Waals surface area contributed by atoms with Gasteiger partial charge in [-0.15, -0.1) is 11.3 Å². The van der Waals surface area contributed by atoms with E-state index >= 15 is 0 Å². The predicted octanol–water partition coefficient (Wildman–Crippen LogP) is 4.10. The van der Waals surface area contributed by atoms with Crippen LogP contribution in [0.25, 0.3) is 16.3 Å². The number of thiophene rings is 1. The summed E-state index contributed by atoms with van der Waals surface area (Å²) >= 11 is 1.29. The molecule has 5 rings (SSSR count). The number of Topliss-reactive ketones (excluding diaryl/α,β-unsaturated/α-hetero) is 1. The van der Waals surface area contributed by atoms with E-state index in [1.807, 2.05) is 0 Å². The number of halogens is 3. The van der Waals surface area contributed by atoms with E-state index in [-0.39, 0.29) is 16.8 Å². The van der Waals surface area contributed by atoms with Gasteiger partial charge in [-0.2, -0.15) is 18.3 Å². The van der Waals surface area contributed by atoms with Crippen LogP contribution >= 0.6 is 11.3 Å². The Bertz CT molecular complexity index is 1390. The number of aromatic nitrogens is 3. The van der Waals surface area contributed by atoms with Crippen LogP contribution in [-0.4, -0.2) is 43.6 Å². The standard InChI is InChI=1S/C24H18F3N5O3S/c25-24(26,27)23(35)18(21(33)14-6-4-10-28-12-14)20(29-22(34)30-23)16-13-32(15-7-2-1-3-8-15)31-19(16)17-9-5-11-36-17/h1-13,18,20,35H,(H2,29,30,34)/t18-,20-,23+/m1/s1. The summed E-state index contributed by atoms with van der Waals surface area (Å²) in [5, 5.41) is 21.2. The molecule has 1 aromatic carbocycles. The molecule has 36 heavy (non-hydrogen) atoms. The number of rotatable bonds is 5. The lowest BCUT2D eigenvalue weighted by atomic mass is 9.77. The Morgan fingerprint density at radius 2 is 1.89 bits per heavy atom. The van der Waals surface area contributed by atoms with Gasteiger partial charge in [0.1, 0.15) is 11.6 Å². The number of benzene rings is 1. The number of alkyl halides is 3. The number of nitrogens with zero attached hydrogens (tertiary/aromatic N) is 3. The average molecular weight is 514 g/mol. The predicted molar refractivity (Wildman–Crippen MR) is 124 cm³/mol. The van der Waals surface area contributed by atoms with E-state index in [4.69, 9.17) is 0 Å². The van der Waals surface area contributed by atoms with Crippen LogP contribution in [0.1, 0.15) is 22.0 Å². The Morgan fingerprint density at radius 1 is 1.11 bits per heavy atom. The summed E-state index contributed by atoms with van der Waals surface area (Å²) in [5.41, 5.74) is -2.98. The molecule has 12 heteroatoms. The number of carbonyl (C=O) groups is 2. The molecule has 4 aromatic rings. The van der Waals surface area contributed by atoms with Gasteiger partial charge < -0.3 is 15.7 Å². The minimum absolute atomic E-state index is 0.140. The fourth-order valence-corrected chi connectivity index (χ4v) is 4.95. The van der Waals surface area contributed by atoms with E-state index in [9.17, 15) is 27.9 Å². The Hall–Kier alpha value is -4.03. The maximum atomic E-state index is 14.3. The first-order valence-electron chi connectivity index (χ1n) is 10.7. The minimum atomic E-state index is -5.37. The Kier molecular flexibility index (Phi) is 5.85. The highest BCUT2D eigenvalue weighted by Crippen LogP contribution is 2.46. The number of pyridine rings is 1. The molecule has 3 N–H and O–H groups in total. The van der Waals surface area contributed by atoms with E-state index in [0.717, 1.165) is 6.20 Å². The topological polar surface area (TPSA) is 109 Å². The average Bonchev–Trinajstić information content (AvgIpc) is 3.54. The van der Waals surface area contributed by atoms with Gasteiger partial charge in [-0.1, -0.05) is 24.3 Å². The number of hydrogen-bond acceptors (Lipinski definition) is 6. The first kappa shape index (κ1) is 23.7. The summed E-state index contributed by atoms with van der Waals surface area (Å²) in [4.78, 5) is 30.4. The van der Waals surface area contributed by atoms with E-state index in [1.54, 1.807) is 53.2 Å². The SMILES string of the molecule is O=C1N[C@H](c2cn(-c3ccccc3)nc2-c2cccs2)[C@H](C(=O)c2cccnc2)[C@](O)(C(F)(F)F)N1. The lowest BCUT2D eigenvalue weighted by Gasteiger charge is -2.44. The van der Waals surface area contributed by atoms with Gasteiger partial charge in [0.05, 0.1) is 16.6 Å². The molecule has 1 fully saturated rings. The zero-order chi connectivity index (χ0) is 25.5. The third kappa shape index (κ3) is 4.03. The lowest BCUT2D eigenvalue weighted by Crippen LogP contribution is -2.72. The van der Waals surface area contributed by atoms with Gasteiger partial charge in [0.2, 0.25) is 5.72 Å². The molecule has 0 saturated carbocycles. The van der Waals surface area contributed by atoms with Crippen LogP contribution in [0.5, 0.6) is 0 Å². The largest absolute Gasteiger partial charge is 0.437 e. The number of urea groups is 1. The molecule has 3 atom stereocenters. The van der Waals surface area contributed by atoms with Crippen molar-refractivity contribution in [3.05, 3.63) is 89.7 Å². The van der Waals surface area contributed by atoms with Crippen molar-refractivity contribution in [2.24, 2.45) is 5.92 Å². The highest BCUT2D eigenvalue weighted by molar-refractivity contribution is 7.13. The maximum Gasteiger partial charge on any atom is 0.437 e. The fraction of sp³-hybridized carbons (Fsp3) is 0.167. The first-order chi connectivity index (χ1) is 17.2. The summed E-state index contributed by atoms with van der Waals surface area (Å²) in [7, 11) is 0. The molecule has 2 amide bonds. The molecule has 1 aliphatic rings. The zero-order valence-electron chi connectivity index (χ0n) is 18.3. The van der Waals surface area contributed by atoms with E-state index < -0.39 is 35.7 Å². The van der Waals surface area contributed by atoms with Crippen molar-refractivity contribution < 1.29 is 27.9 Å². The molecule has 8 nitrogen and oxygen atoms in total. The second kappa shape index (κ2) is 8.88. The number of hydrogen-bond donors (Lipinski definition) is 3.